The van der Waals surface area contributed by atoms with E-state index in [1.165, 1.54) is 0 Å². The predicted molar refractivity (Wildman–Crippen MR) is 91.8 cm³/mol. The Morgan fingerprint density at radius 1 is 1.32 bits per heavy atom. The number of phenolic OH excluding ortho intramolecular Hbond substituents is 1. The molecule has 1 saturated heterocycles. The first kappa shape index (κ1) is 16.8. The van der Waals surface area contributed by atoms with E-state index in [9.17, 15) is 9.90 Å². The lowest BCUT2D eigenvalue weighted by Gasteiger charge is -2.33. The van der Waals surface area contributed by atoms with Crippen molar-refractivity contribution in [3.8, 4) is 11.8 Å². The summed E-state index contributed by atoms with van der Waals surface area (Å²) in [6, 6.07) is 16.0. The molecule has 1 atom stereocenters. The van der Waals surface area contributed by atoms with Crippen molar-refractivity contribution in [1.29, 1.82) is 5.26 Å². The number of carbonyl (C=O) groups excluding carboxylic acids is 1. The number of nitrogens with one attached hydrogen (secondary N) is 1. The Hall–Kier alpha value is -3.04. The third-order valence-electron chi connectivity index (χ3n) is 4.10. The standard InChI is InChI=1S/C19H19N3O3/c20-11-14-3-1-4-15(9-14)12-21-19(24)22-7-8-25-18(13-22)16-5-2-6-17(23)10-16/h1-6,9-10,18,23H,7-8,12-13H2,(H,21,24)/t18-/m1/s1. The zero-order chi connectivity index (χ0) is 17.6. The molecular weight excluding hydrogens is 318 g/mol. The van der Waals surface area contributed by atoms with Crippen molar-refractivity contribution >= 4 is 6.03 Å². The molecule has 6 heteroatoms. The number of amides is 2. The number of rotatable bonds is 3. The number of phenols is 1. The van der Waals surface area contributed by atoms with Gasteiger partial charge in [-0.15, -0.1) is 0 Å². The summed E-state index contributed by atoms with van der Waals surface area (Å²) in [5.74, 6) is 0.181. The Morgan fingerprint density at radius 2 is 2.16 bits per heavy atom. The van der Waals surface area contributed by atoms with Gasteiger partial charge in [-0.2, -0.15) is 5.26 Å². The summed E-state index contributed by atoms with van der Waals surface area (Å²) in [5, 5.41) is 21.4. The highest BCUT2D eigenvalue weighted by atomic mass is 16.5. The summed E-state index contributed by atoms with van der Waals surface area (Å²) in [7, 11) is 0. The predicted octanol–water partition coefficient (Wildman–Crippen LogP) is 2.55. The largest absolute Gasteiger partial charge is 0.508 e. The molecule has 0 aliphatic carbocycles. The Morgan fingerprint density at radius 3 is 2.96 bits per heavy atom. The van der Waals surface area contributed by atoms with E-state index in [2.05, 4.69) is 11.4 Å². The molecule has 25 heavy (non-hydrogen) atoms. The van der Waals surface area contributed by atoms with E-state index in [0.29, 0.717) is 31.8 Å². The van der Waals surface area contributed by atoms with E-state index in [0.717, 1.165) is 11.1 Å². The second kappa shape index (κ2) is 7.69. The van der Waals surface area contributed by atoms with Crippen LogP contribution in [-0.4, -0.2) is 35.7 Å². The van der Waals surface area contributed by atoms with Crippen molar-refractivity contribution in [2.75, 3.05) is 19.7 Å². The molecule has 2 N–H and O–H groups in total. The van der Waals surface area contributed by atoms with Crippen LogP contribution in [0.1, 0.15) is 22.8 Å². The number of hydrogen-bond donors (Lipinski definition) is 2. The molecule has 2 aromatic rings. The second-order valence-corrected chi connectivity index (χ2v) is 5.87. The smallest absolute Gasteiger partial charge is 0.317 e. The van der Waals surface area contributed by atoms with Gasteiger partial charge >= 0.3 is 6.03 Å². The van der Waals surface area contributed by atoms with Crippen LogP contribution in [0.4, 0.5) is 4.79 Å². The maximum atomic E-state index is 12.4. The fourth-order valence-corrected chi connectivity index (χ4v) is 2.80. The van der Waals surface area contributed by atoms with Gasteiger partial charge in [-0.25, -0.2) is 4.79 Å². The highest BCUT2D eigenvalue weighted by Gasteiger charge is 2.25. The SMILES string of the molecule is N#Cc1cccc(CNC(=O)N2CCO[C@@H](c3cccc(O)c3)C2)c1. The van der Waals surface area contributed by atoms with Crippen LogP contribution in [0.2, 0.25) is 0 Å². The first-order valence-electron chi connectivity index (χ1n) is 8.08. The third kappa shape index (κ3) is 4.28. The minimum atomic E-state index is -0.256. The summed E-state index contributed by atoms with van der Waals surface area (Å²) in [6.45, 7) is 1.74. The fourth-order valence-electron chi connectivity index (χ4n) is 2.80. The summed E-state index contributed by atoms with van der Waals surface area (Å²) in [5.41, 5.74) is 2.30. The van der Waals surface area contributed by atoms with Crippen LogP contribution in [0.15, 0.2) is 48.5 Å². The van der Waals surface area contributed by atoms with E-state index in [1.807, 2.05) is 12.1 Å². The minimum Gasteiger partial charge on any atom is -0.508 e. The number of ether oxygens (including phenoxy) is 1. The molecule has 1 aliphatic rings. The topological polar surface area (TPSA) is 85.6 Å². The number of benzene rings is 2. The maximum Gasteiger partial charge on any atom is 0.317 e. The molecule has 0 saturated carbocycles. The molecule has 0 aromatic heterocycles. The van der Waals surface area contributed by atoms with E-state index >= 15 is 0 Å². The van der Waals surface area contributed by atoms with Crippen LogP contribution < -0.4 is 5.32 Å². The highest BCUT2D eigenvalue weighted by molar-refractivity contribution is 5.74. The van der Waals surface area contributed by atoms with Gasteiger partial charge in [-0.1, -0.05) is 24.3 Å². The highest BCUT2D eigenvalue weighted by Crippen LogP contribution is 2.24. The van der Waals surface area contributed by atoms with E-state index < -0.39 is 0 Å². The van der Waals surface area contributed by atoms with Gasteiger partial charge in [0, 0.05) is 13.1 Å². The Bertz CT molecular complexity index is 800. The lowest BCUT2D eigenvalue weighted by Crippen LogP contribution is -2.46. The molecule has 128 valence electrons. The van der Waals surface area contributed by atoms with Gasteiger partial charge in [0.15, 0.2) is 0 Å². The summed E-state index contributed by atoms with van der Waals surface area (Å²) in [4.78, 5) is 14.1. The second-order valence-electron chi connectivity index (χ2n) is 5.87. The zero-order valence-electron chi connectivity index (χ0n) is 13.7. The quantitative estimate of drug-likeness (QED) is 0.901. The van der Waals surface area contributed by atoms with Crippen molar-refractivity contribution in [3.05, 3.63) is 65.2 Å². The van der Waals surface area contributed by atoms with Crippen LogP contribution in [-0.2, 0) is 11.3 Å². The molecule has 1 heterocycles. The Labute approximate surface area is 146 Å². The first-order chi connectivity index (χ1) is 12.2. The van der Waals surface area contributed by atoms with Crippen molar-refractivity contribution < 1.29 is 14.6 Å². The molecule has 1 aliphatic heterocycles. The molecule has 2 amide bonds. The van der Waals surface area contributed by atoms with Crippen LogP contribution in [0.5, 0.6) is 5.75 Å². The number of carbonyl (C=O) groups is 1. The van der Waals surface area contributed by atoms with Gasteiger partial charge < -0.3 is 20.1 Å². The lowest BCUT2D eigenvalue weighted by molar-refractivity contribution is -0.0155. The number of hydrogen-bond acceptors (Lipinski definition) is 4. The normalized spacial score (nSPS) is 16.9. The number of nitrogens with zero attached hydrogens (tertiary/aromatic N) is 2. The third-order valence-corrected chi connectivity index (χ3v) is 4.10. The van der Waals surface area contributed by atoms with E-state index in [4.69, 9.17) is 10.00 Å². The summed E-state index contributed by atoms with van der Waals surface area (Å²) in [6.07, 6.45) is -0.256. The molecule has 6 nitrogen and oxygen atoms in total. The number of nitriles is 1. The molecular formula is C19H19N3O3. The molecule has 0 unspecified atom stereocenters. The van der Waals surface area contributed by atoms with Gasteiger partial charge in [0.05, 0.1) is 24.8 Å². The van der Waals surface area contributed by atoms with Gasteiger partial charge in [0.25, 0.3) is 0 Å². The number of aromatic hydroxyl groups is 1. The van der Waals surface area contributed by atoms with Crippen LogP contribution in [0, 0.1) is 11.3 Å². The van der Waals surface area contributed by atoms with Gasteiger partial charge in [0.1, 0.15) is 11.9 Å². The fraction of sp³-hybridized carbons (Fsp3) is 0.263. The van der Waals surface area contributed by atoms with Crippen molar-refractivity contribution in [2.24, 2.45) is 0 Å². The number of urea groups is 1. The van der Waals surface area contributed by atoms with Crippen LogP contribution in [0.3, 0.4) is 0 Å². The van der Waals surface area contributed by atoms with Crippen LogP contribution in [0.25, 0.3) is 0 Å². The van der Waals surface area contributed by atoms with Gasteiger partial charge in [-0.3, -0.25) is 0 Å². The average Bonchev–Trinajstić information content (AvgIpc) is 2.66. The number of morpholine rings is 1. The monoisotopic (exact) mass is 337 g/mol. The van der Waals surface area contributed by atoms with Crippen molar-refractivity contribution in [1.82, 2.24) is 10.2 Å². The van der Waals surface area contributed by atoms with Gasteiger partial charge in [0.2, 0.25) is 0 Å². The average molecular weight is 337 g/mol. The molecule has 0 bridgehead atoms. The molecule has 2 aromatic carbocycles. The zero-order valence-corrected chi connectivity index (χ0v) is 13.7. The maximum absolute atomic E-state index is 12.4. The van der Waals surface area contributed by atoms with Gasteiger partial charge in [-0.05, 0) is 35.4 Å². The molecule has 1 fully saturated rings. The lowest BCUT2D eigenvalue weighted by atomic mass is 10.1. The summed E-state index contributed by atoms with van der Waals surface area (Å²) < 4.78 is 5.72. The van der Waals surface area contributed by atoms with Crippen LogP contribution >= 0.6 is 0 Å². The van der Waals surface area contributed by atoms with E-state index in [-0.39, 0.29) is 17.9 Å². The Balaban J connectivity index is 1.59. The van der Waals surface area contributed by atoms with E-state index in [1.54, 1.807) is 41.3 Å². The van der Waals surface area contributed by atoms with Crippen molar-refractivity contribution in [2.45, 2.75) is 12.6 Å². The van der Waals surface area contributed by atoms with Crippen molar-refractivity contribution in [3.63, 3.8) is 0 Å². The molecule has 0 spiro atoms. The minimum absolute atomic E-state index is 0.171. The Kier molecular flexibility index (Phi) is 5.17. The first-order valence-corrected chi connectivity index (χ1v) is 8.08. The molecule has 0 radical (unpaired) electrons. The molecule has 3 rings (SSSR count). The summed E-state index contributed by atoms with van der Waals surface area (Å²) >= 11 is 0.